The van der Waals surface area contributed by atoms with Crippen LogP contribution in [0.25, 0.3) is 11.4 Å². The number of amides is 1. The van der Waals surface area contributed by atoms with E-state index in [-0.39, 0.29) is 23.1 Å². The Labute approximate surface area is 161 Å². The number of thioether (sulfide) groups is 1. The second-order valence-electron chi connectivity index (χ2n) is 6.95. The number of nitrogens with zero attached hydrogens (tertiary/aromatic N) is 3. The van der Waals surface area contributed by atoms with E-state index in [1.54, 1.807) is 12.1 Å². The van der Waals surface area contributed by atoms with Gasteiger partial charge in [0.05, 0.1) is 17.9 Å². The number of hydrogen-bond donors (Lipinski definition) is 1. The Balaban J connectivity index is 1.63. The number of carbonyl (C=O) groups is 1. The van der Waals surface area contributed by atoms with Gasteiger partial charge < -0.3 is 10.1 Å². The van der Waals surface area contributed by atoms with Crippen molar-refractivity contribution in [3.05, 3.63) is 30.1 Å². The van der Waals surface area contributed by atoms with Gasteiger partial charge in [-0.1, -0.05) is 18.2 Å². The molecule has 0 bridgehead atoms. The van der Waals surface area contributed by atoms with Crippen LogP contribution >= 0.6 is 11.8 Å². The molecule has 6 nitrogen and oxygen atoms in total. The van der Waals surface area contributed by atoms with Crippen LogP contribution < -0.4 is 5.32 Å². The minimum Gasteiger partial charge on any atom is -0.376 e. The molecule has 144 valence electrons. The number of ether oxygens (including phenoxy) is 1. The van der Waals surface area contributed by atoms with Crippen molar-refractivity contribution in [1.82, 2.24) is 20.1 Å². The van der Waals surface area contributed by atoms with Gasteiger partial charge in [-0.25, -0.2) is 4.39 Å². The first-order valence-electron chi connectivity index (χ1n) is 9.46. The van der Waals surface area contributed by atoms with Gasteiger partial charge in [-0.05, 0) is 49.9 Å². The molecule has 8 heteroatoms. The molecule has 0 aliphatic carbocycles. The lowest BCUT2D eigenvalue weighted by Gasteiger charge is -2.17. The molecule has 2 fully saturated rings. The quantitative estimate of drug-likeness (QED) is 0.850. The van der Waals surface area contributed by atoms with Crippen LogP contribution in [0.1, 0.15) is 32.1 Å². The van der Waals surface area contributed by atoms with E-state index in [1.807, 2.05) is 4.57 Å². The maximum absolute atomic E-state index is 13.3. The summed E-state index contributed by atoms with van der Waals surface area (Å²) >= 11 is 1.46. The predicted octanol–water partition coefficient (Wildman–Crippen LogP) is 3.02. The van der Waals surface area contributed by atoms with Gasteiger partial charge >= 0.3 is 0 Å². The first-order chi connectivity index (χ1) is 13.2. The standard InChI is InChI=1S/C19H23FN4O2S/c20-14-8-6-13(7-9-14)17-22-23-19(24(17)12-15-4-3-11-26-15)27-16-5-1-2-10-21-18(16)25/h6-9,15-16H,1-5,10-12H2,(H,21,25). The van der Waals surface area contributed by atoms with Gasteiger partial charge in [0.2, 0.25) is 5.91 Å². The lowest BCUT2D eigenvalue weighted by molar-refractivity contribution is -0.120. The van der Waals surface area contributed by atoms with Crippen molar-refractivity contribution in [2.45, 2.75) is 55.2 Å². The Bertz CT molecular complexity index is 790. The Kier molecular flexibility index (Phi) is 5.73. The molecule has 4 rings (SSSR count). The highest BCUT2D eigenvalue weighted by Gasteiger charge is 2.27. The third-order valence-electron chi connectivity index (χ3n) is 4.96. The van der Waals surface area contributed by atoms with Gasteiger partial charge in [0.1, 0.15) is 5.82 Å². The van der Waals surface area contributed by atoms with Crippen molar-refractivity contribution < 1.29 is 13.9 Å². The lowest BCUT2D eigenvalue weighted by Crippen LogP contribution is -2.31. The number of benzene rings is 1. The normalized spacial score (nSPS) is 23.2. The SMILES string of the molecule is O=C1NCCCCC1Sc1nnc(-c2ccc(F)cc2)n1CC1CCCO1. The summed E-state index contributed by atoms with van der Waals surface area (Å²) in [5, 5.41) is 12.2. The summed E-state index contributed by atoms with van der Waals surface area (Å²) < 4.78 is 21.1. The third-order valence-corrected chi connectivity index (χ3v) is 6.21. The number of nitrogens with one attached hydrogen (secondary N) is 1. The molecule has 2 saturated heterocycles. The van der Waals surface area contributed by atoms with Gasteiger partial charge in [0.15, 0.2) is 11.0 Å². The highest BCUT2D eigenvalue weighted by molar-refractivity contribution is 8.00. The molecule has 2 unspecified atom stereocenters. The highest BCUT2D eigenvalue weighted by atomic mass is 32.2. The molecule has 1 amide bonds. The van der Waals surface area contributed by atoms with Gasteiger partial charge in [-0.15, -0.1) is 10.2 Å². The van der Waals surface area contributed by atoms with Crippen LogP contribution in [0.15, 0.2) is 29.4 Å². The maximum Gasteiger partial charge on any atom is 0.233 e. The summed E-state index contributed by atoms with van der Waals surface area (Å²) in [7, 11) is 0. The second-order valence-corrected chi connectivity index (χ2v) is 8.12. The van der Waals surface area contributed by atoms with Crippen LogP contribution in [0.4, 0.5) is 4.39 Å². The molecule has 1 N–H and O–H groups in total. The average Bonchev–Trinajstić information content (AvgIpc) is 3.27. The van der Waals surface area contributed by atoms with Gasteiger partial charge in [0, 0.05) is 18.7 Å². The van der Waals surface area contributed by atoms with Crippen LogP contribution in [0, 0.1) is 5.82 Å². The summed E-state index contributed by atoms with van der Waals surface area (Å²) in [5.41, 5.74) is 0.805. The fraction of sp³-hybridized carbons (Fsp3) is 0.526. The number of aromatic nitrogens is 3. The smallest absolute Gasteiger partial charge is 0.233 e. The summed E-state index contributed by atoms with van der Waals surface area (Å²) in [6, 6.07) is 6.26. The molecule has 0 saturated carbocycles. The minimum atomic E-state index is -0.284. The summed E-state index contributed by atoms with van der Waals surface area (Å²) in [4.78, 5) is 12.3. The fourth-order valence-corrected chi connectivity index (χ4v) is 4.60. The molecule has 2 aromatic rings. The van der Waals surface area contributed by atoms with Crippen molar-refractivity contribution >= 4 is 17.7 Å². The van der Waals surface area contributed by atoms with Crippen LogP contribution in [0.3, 0.4) is 0 Å². The molecule has 2 aliphatic rings. The number of carbonyl (C=O) groups excluding carboxylic acids is 1. The van der Waals surface area contributed by atoms with Crippen LogP contribution in [0.5, 0.6) is 0 Å². The largest absolute Gasteiger partial charge is 0.376 e. The van der Waals surface area contributed by atoms with Crippen LogP contribution in [-0.4, -0.2) is 45.2 Å². The number of rotatable bonds is 5. The zero-order valence-electron chi connectivity index (χ0n) is 15.1. The van der Waals surface area contributed by atoms with Crippen molar-refractivity contribution in [2.24, 2.45) is 0 Å². The Morgan fingerprint density at radius 3 is 2.81 bits per heavy atom. The van der Waals surface area contributed by atoms with E-state index >= 15 is 0 Å². The zero-order valence-corrected chi connectivity index (χ0v) is 15.9. The van der Waals surface area contributed by atoms with Gasteiger partial charge in [0.25, 0.3) is 0 Å². The highest BCUT2D eigenvalue weighted by Crippen LogP contribution is 2.31. The Morgan fingerprint density at radius 2 is 2.04 bits per heavy atom. The van der Waals surface area contributed by atoms with E-state index in [0.29, 0.717) is 17.5 Å². The van der Waals surface area contributed by atoms with E-state index in [9.17, 15) is 9.18 Å². The topological polar surface area (TPSA) is 69.0 Å². The molecule has 2 atom stereocenters. The molecule has 0 spiro atoms. The Hall–Kier alpha value is -1.93. The van der Waals surface area contributed by atoms with E-state index in [2.05, 4.69) is 15.5 Å². The molecule has 1 aromatic carbocycles. The average molecular weight is 390 g/mol. The molecular weight excluding hydrogens is 367 g/mol. The summed E-state index contributed by atoms with van der Waals surface area (Å²) in [6.07, 6.45) is 5.01. The summed E-state index contributed by atoms with van der Waals surface area (Å²) in [5.74, 6) is 0.461. The van der Waals surface area contributed by atoms with Crippen LogP contribution in [-0.2, 0) is 16.1 Å². The van der Waals surface area contributed by atoms with Crippen molar-refractivity contribution in [3.8, 4) is 11.4 Å². The van der Waals surface area contributed by atoms with Crippen molar-refractivity contribution in [3.63, 3.8) is 0 Å². The molecule has 2 aliphatic heterocycles. The van der Waals surface area contributed by atoms with E-state index < -0.39 is 0 Å². The molecule has 27 heavy (non-hydrogen) atoms. The second kappa shape index (κ2) is 8.39. The minimum absolute atomic E-state index is 0.0625. The van der Waals surface area contributed by atoms with Crippen molar-refractivity contribution in [1.29, 1.82) is 0 Å². The van der Waals surface area contributed by atoms with Gasteiger partial charge in [-0.2, -0.15) is 0 Å². The molecule has 0 radical (unpaired) electrons. The lowest BCUT2D eigenvalue weighted by atomic mass is 10.2. The zero-order chi connectivity index (χ0) is 18.6. The molecule has 1 aromatic heterocycles. The molecule has 3 heterocycles. The van der Waals surface area contributed by atoms with Crippen molar-refractivity contribution in [2.75, 3.05) is 13.2 Å². The fourth-order valence-electron chi connectivity index (χ4n) is 3.50. The Morgan fingerprint density at radius 1 is 1.19 bits per heavy atom. The van der Waals surface area contributed by atoms with E-state index in [0.717, 1.165) is 50.8 Å². The maximum atomic E-state index is 13.3. The summed E-state index contributed by atoms with van der Waals surface area (Å²) in [6.45, 7) is 2.14. The van der Waals surface area contributed by atoms with Crippen LogP contribution in [0.2, 0.25) is 0 Å². The first kappa shape index (κ1) is 18.4. The van der Waals surface area contributed by atoms with Gasteiger partial charge in [-0.3, -0.25) is 9.36 Å². The number of halogens is 1. The first-order valence-corrected chi connectivity index (χ1v) is 10.3. The molecular formula is C19H23FN4O2S. The number of hydrogen-bond acceptors (Lipinski definition) is 5. The van der Waals surface area contributed by atoms with E-state index in [1.165, 1.54) is 23.9 Å². The predicted molar refractivity (Wildman–Crippen MR) is 101 cm³/mol. The third kappa shape index (κ3) is 4.32. The van der Waals surface area contributed by atoms with E-state index in [4.69, 9.17) is 4.74 Å². The monoisotopic (exact) mass is 390 g/mol.